The monoisotopic (exact) mass is 475 g/mol. The molecule has 34 heavy (non-hydrogen) atoms. The van der Waals surface area contributed by atoms with Crippen LogP contribution in [-0.4, -0.2) is 4.98 Å². The molecule has 1 N–H and O–H groups in total. The van der Waals surface area contributed by atoms with Gasteiger partial charge in [-0.3, -0.25) is 0 Å². The van der Waals surface area contributed by atoms with Crippen molar-refractivity contribution in [2.45, 2.75) is 187 Å². The lowest BCUT2D eigenvalue weighted by atomic mass is 9.92. The molecule has 0 saturated carbocycles. The van der Waals surface area contributed by atoms with Crippen LogP contribution in [0.15, 0.2) is 12.4 Å². The molecule has 1 aromatic heterocycles. The molecule has 1 aromatic rings. The first-order valence-electron chi connectivity index (χ1n) is 15.8. The summed E-state index contributed by atoms with van der Waals surface area (Å²) in [5.41, 5.74) is 0. The maximum Gasteiger partial charge on any atom is 0.257 e. The van der Waals surface area contributed by atoms with E-state index in [1.54, 1.807) is 0 Å². The van der Waals surface area contributed by atoms with Crippen LogP contribution in [0.2, 0.25) is 0 Å². The van der Waals surface area contributed by atoms with Crippen molar-refractivity contribution in [2.75, 3.05) is 0 Å². The summed E-state index contributed by atoms with van der Waals surface area (Å²) in [6.07, 6.45) is 36.8. The van der Waals surface area contributed by atoms with E-state index in [1.165, 1.54) is 154 Å². The number of hydrogen-bond donors (Lipinski definition) is 1. The molecule has 0 aliphatic heterocycles. The van der Waals surface area contributed by atoms with E-state index in [9.17, 15) is 0 Å². The molecular weight excluding hydrogens is 412 g/mol. The maximum atomic E-state index is 3.70. The zero-order valence-electron chi connectivity index (χ0n) is 24.0. The van der Waals surface area contributed by atoms with Crippen LogP contribution in [-0.2, 0) is 0 Å². The fourth-order valence-electron chi connectivity index (χ4n) is 5.54. The molecule has 0 amide bonds. The van der Waals surface area contributed by atoms with Crippen LogP contribution >= 0.6 is 0 Å². The van der Waals surface area contributed by atoms with Gasteiger partial charge in [0.1, 0.15) is 12.4 Å². The Kier molecular flexibility index (Phi) is 20.8. The molecule has 0 radical (unpaired) electrons. The highest BCUT2D eigenvalue weighted by Crippen LogP contribution is 2.27. The molecule has 0 aromatic carbocycles. The summed E-state index contributed by atoms with van der Waals surface area (Å²) in [4.78, 5) is 3.70. The third-order valence-electron chi connectivity index (χ3n) is 7.89. The van der Waals surface area contributed by atoms with Crippen molar-refractivity contribution in [3.05, 3.63) is 18.2 Å². The second-order valence-corrected chi connectivity index (χ2v) is 11.2. The number of nitrogens with zero attached hydrogens (tertiary/aromatic N) is 1. The number of hydrogen-bond acceptors (Lipinski definition) is 0. The van der Waals surface area contributed by atoms with Crippen molar-refractivity contribution in [3.63, 3.8) is 0 Å². The molecular formula is C32H63N2+. The van der Waals surface area contributed by atoms with Gasteiger partial charge in [0.15, 0.2) is 0 Å². The van der Waals surface area contributed by atoms with E-state index in [2.05, 4.69) is 49.6 Å². The Morgan fingerprint density at radius 3 is 1.38 bits per heavy atom. The van der Waals surface area contributed by atoms with Crippen LogP contribution in [0.1, 0.15) is 193 Å². The van der Waals surface area contributed by atoms with Crippen molar-refractivity contribution in [1.82, 2.24) is 4.98 Å². The zero-order chi connectivity index (χ0) is 24.7. The largest absolute Gasteiger partial charge is 0.257 e. The number of unbranched alkanes of at least 4 members (excludes halogenated alkanes) is 17. The van der Waals surface area contributed by atoms with E-state index in [0.29, 0.717) is 12.0 Å². The van der Waals surface area contributed by atoms with E-state index in [-0.39, 0.29) is 0 Å². The molecule has 0 aliphatic rings. The summed E-state index contributed by atoms with van der Waals surface area (Å²) in [7, 11) is 0. The van der Waals surface area contributed by atoms with Gasteiger partial charge >= 0.3 is 0 Å². The van der Waals surface area contributed by atoms with Gasteiger partial charge in [-0.15, -0.1) is 0 Å². The molecule has 1 heterocycles. The highest BCUT2D eigenvalue weighted by molar-refractivity contribution is 4.90. The average molecular weight is 476 g/mol. The molecule has 0 fully saturated rings. The van der Waals surface area contributed by atoms with Gasteiger partial charge in [0, 0.05) is 0 Å². The topological polar surface area (TPSA) is 19.7 Å². The van der Waals surface area contributed by atoms with Gasteiger partial charge in [-0.25, -0.2) is 9.55 Å². The van der Waals surface area contributed by atoms with Crippen molar-refractivity contribution >= 4 is 0 Å². The van der Waals surface area contributed by atoms with E-state index in [1.807, 2.05) is 0 Å². The fraction of sp³-hybridized carbons (Fsp3) is 0.906. The number of nitrogens with one attached hydrogen (secondary N) is 1. The molecule has 2 atom stereocenters. The molecule has 200 valence electrons. The van der Waals surface area contributed by atoms with E-state index in [4.69, 9.17) is 0 Å². The quantitative estimate of drug-likeness (QED) is 0.107. The number of rotatable bonds is 25. The molecule has 0 saturated heterocycles. The Labute approximate surface area is 215 Å². The Balaban J connectivity index is 2.52. The minimum Gasteiger partial charge on any atom is -0.247 e. The van der Waals surface area contributed by atoms with Crippen LogP contribution in [0, 0.1) is 0 Å². The Hall–Kier alpha value is -0.790. The lowest BCUT2D eigenvalue weighted by molar-refractivity contribution is -0.727. The summed E-state index contributed by atoms with van der Waals surface area (Å²) in [6.45, 7) is 9.37. The smallest absolute Gasteiger partial charge is 0.247 e. The first-order valence-corrected chi connectivity index (χ1v) is 15.8. The highest BCUT2D eigenvalue weighted by Gasteiger charge is 2.25. The molecule has 0 bridgehead atoms. The second kappa shape index (κ2) is 22.7. The van der Waals surface area contributed by atoms with Crippen LogP contribution < -0.4 is 4.57 Å². The van der Waals surface area contributed by atoms with Crippen molar-refractivity contribution < 1.29 is 4.57 Å². The summed E-state index contributed by atoms with van der Waals surface area (Å²) in [5, 5.41) is 0. The summed E-state index contributed by atoms with van der Waals surface area (Å²) < 4.78 is 2.61. The lowest BCUT2D eigenvalue weighted by Crippen LogP contribution is -2.41. The first kappa shape index (κ1) is 31.2. The number of aromatic amines is 1. The molecule has 1 rings (SSSR count). The van der Waals surface area contributed by atoms with Gasteiger partial charge in [-0.2, -0.15) is 0 Å². The standard InChI is InChI=1S/C32H62N2/c1-5-8-11-14-16-18-21-24-27-31(26-23-20-17-15-12-9-6-2)32-33-28-29-34(32)30(4)25-22-19-13-10-7-3/h28-31H,5-27H2,1-4H3/p+1. The Morgan fingerprint density at radius 2 is 0.941 bits per heavy atom. The molecule has 2 nitrogen and oxygen atoms in total. The maximum absolute atomic E-state index is 3.70. The molecule has 2 heteroatoms. The first-order chi connectivity index (χ1) is 16.7. The van der Waals surface area contributed by atoms with E-state index >= 15 is 0 Å². The van der Waals surface area contributed by atoms with Crippen LogP contribution in [0.25, 0.3) is 0 Å². The van der Waals surface area contributed by atoms with Gasteiger partial charge < -0.3 is 0 Å². The predicted octanol–water partition coefficient (Wildman–Crippen LogP) is 11.0. The normalized spacial score (nSPS) is 13.4. The van der Waals surface area contributed by atoms with Gasteiger partial charge in [0.05, 0.1) is 12.0 Å². The van der Waals surface area contributed by atoms with Gasteiger partial charge in [-0.05, 0) is 32.6 Å². The average Bonchev–Trinajstić information content (AvgIpc) is 3.33. The summed E-state index contributed by atoms with van der Waals surface area (Å²) >= 11 is 0. The third kappa shape index (κ3) is 15.3. The van der Waals surface area contributed by atoms with Crippen LogP contribution in [0.4, 0.5) is 0 Å². The number of H-pyrrole nitrogens is 1. The molecule has 0 aliphatic carbocycles. The highest BCUT2D eigenvalue weighted by atomic mass is 15.1. The van der Waals surface area contributed by atoms with Crippen molar-refractivity contribution in [1.29, 1.82) is 0 Å². The summed E-state index contributed by atoms with van der Waals surface area (Å²) in [6, 6.07) is 0.623. The Bertz CT molecular complexity index is 535. The number of imidazole rings is 1. The van der Waals surface area contributed by atoms with E-state index in [0.717, 1.165) is 0 Å². The van der Waals surface area contributed by atoms with Crippen molar-refractivity contribution in [2.24, 2.45) is 0 Å². The zero-order valence-corrected chi connectivity index (χ0v) is 24.0. The lowest BCUT2D eigenvalue weighted by Gasteiger charge is -2.17. The SMILES string of the molecule is CCCCCCCCCCC(CCCCCCCCC)c1[nH]cc[n+]1C(C)CCCCCCC. The van der Waals surface area contributed by atoms with Gasteiger partial charge in [0.2, 0.25) is 0 Å². The van der Waals surface area contributed by atoms with E-state index < -0.39 is 0 Å². The van der Waals surface area contributed by atoms with Gasteiger partial charge in [0.25, 0.3) is 5.82 Å². The minimum atomic E-state index is 0.623. The third-order valence-corrected chi connectivity index (χ3v) is 7.89. The Morgan fingerprint density at radius 1 is 0.559 bits per heavy atom. The molecule has 0 spiro atoms. The second-order valence-electron chi connectivity index (χ2n) is 11.2. The number of aromatic nitrogens is 2. The van der Waals surface area contributed by atoms with Crippen LogP contribution in [0.3, 0.4) is 0 Å². The van der Waals surface area contributed by atoms with Crippen LogP contribution in [0.5, 0.6) is 0 Å². The van der Waals surface area contributed by atoms with Gasteiger partial charge in [-0.1, -0.05) is 143 Å². The van der Waals surface area contributed by atoms with Crippen molar-refractivity contribution in [3.8, 4) is 0 Å². The molecule has 2 unspecified atom stereocenters. The fourth-order valence-corrected chi connectivity index (χ4v) is 5.54. The predicted molar refractivity (Wildman–Crippen MR) is 152 cm³/mol. The summed E-state index contributed by atoms with van der Waals surface area (Å²) in [5.74, 6) is 2.24. The minimum absolute atomic E-state index is 0.623.